The van der Waals surface area contributed by atoms with E-state index in [-0.39, 0.29) is 16.4 Å². The van der Waals surface area contributed by atoms with E-state index in [2.05, 4.69) is 45.0 Å². The van der Waals surface area contributed by atoms with Gasteiger partial charge in [0.1, 0.15) is 0 Å². The standard InChI is InChI=1S/C20H27NO2/c1-18(2,3)15-4-6-16(7-5-15)21-13-12-19(17(21)22)8-10-20(11-9-19)14-23-20/h4-7H,8-14H2,1-3H3/t19-,20+. The van der Waals surface area contributed by atoms with Gasteiger partial charge in [-0.2, -0.15) is 0 Å². The number of epoxide rings is 1. The van der Waals surface area contributed by atoms with Crippen molar-refractivity contribution >= 4 is 11.6 Å². The van der Waals surface area contributed by atoms with Crippen molar-refractivity contribution in [2.24, 2.45) is 5.41 Å². The van der Waals surface area contributed by atoms with Gasteiger partial charge < -0.3 is 9.64 Å². The third-order valence-electron chi connectivity index (χ3n) is 6.23. The topological polar surface area (TPSA) is 32.8 Å². The predicted molar refractivity (Wildman–Crippen MR) is 91.7 cm³/mol. The highest BCUT2D eigenvalue weighted by molar-refractivity contribution is 6.00. The Morgan fingerprint density at radius 3 is 2.13 bits per heavy atom. The molecule has 0 radical (unpaired) electrons. The van der Waals surface area contributed by atoms with Crippen molar-refractivity contribution in [1.29, 1.82) is 0 Å². The maximum Gasteiger partial charge on any atom is 0.233 e. The van der Waals surface area contributed by atoms with Gasteiger partial charge in [0, 0.05) is 12.2 Å². The molecule has 3 heteroatoms. The summed E-state index contributed by atoms with van der Waals surface area (Å²) in [5.74, 6) is 0.344. The van der Waals surface area contributed by atoms with Crippen LogP contribution in [0.25, 0.3) is 0 Å². The fourth-order valence-electron chi connectivity index (χ4n) is 4.25. The van der Waals surface area contributed by atoms with Crippen LogP contribution >= 0.6 is 0 Å². The Bertz CT molecular complexity index is 612. The summed E-state index contributed by atoms with van der Waals surface area (Å²) >= 11 is 0. The van der Waals surface area contributed by atoms with Crippen LogP contribution in [0.3, 0.4) is 0 Å². The van der Waals surface area contributed by atoms with Crippen LogP contribution in [0.5, 0.6) is 0 Å². The zero-order valence-corrected chi connectivity index (χ0v) is 14.5. The summed E-state index contributed by atoms with van der Waals surface area (Å²) in [6.45, 7) is 8.43. The van der Waals surface area contributed by atoms with E-state index in [1.54, 1.807) is 0 Å². The first-order valence-corrected chi connectivity index (χ1v) is 8.90. The lowest BCUT2D eigenvalue weighted by Gasteiger charge is -2.34. The number of carbonyl (C=O) groups excluding carboxylic acids is 1. The predicted octanol–water partition coefficient (Wildman–Crippen LogP) is 4.05. The van der Waals surface area contributed by atoms with Gasteiger partial charge in [0.2, 0.25) is 5.91 Å². The third-order valence-corrected chi connectivity index (χ3v) is 6.23. The van der Waals surface area contributed by atoms with E-state index in [1.165, 1.54) is 5.56 Å². The highest BCUT2D eigenvalue weighted by Gasteiger charge is 2.56. The minimum Gasteiger partial charge on any atom is -0.370 e. The molecule has 2 heterocycles. The molecule has 0 aromatic heterocycles. The number of rotatable bonds is 1. The molecule has 0 bridgehead atoms. The Labute approximate surface area is 139 Å². The lowest BCUT2D eigenvalue weighted by atomic mass is 9.69. The molecule has 2 aliphatic heterocycles. The van der Waals surface area contributed by atoms with Crippen molar-refractivity contribution in [3.05, 3.63) is 29.8 Å². The maximum absolute atomic E-state index is 13.1. The van der Waals surface area contributed by atoms with Gasteiger partial charge in [-0.3, -0.25) is 4.79 Å². The Morgan fingerprint density at radius 2 is 1.61 bits per heavy atom. The number of hydrogen-bond acceptors (Lipinski definition) is 2. The number of benzene rings is 1. The van der Waals surface area contributed by atoms with Crippen LogP contribution in [-0.4, -0.2) is 24.7 Å². The Balaban J connectivity index is 1.51. The lowest BCUT2D eigenvalue weighted by Crippen LogP contribution is -2.39. The molecule has 1 aromatic rings. The van der Waals surface area contributed by atoms with Gasteiger partial charge in [0.05, 0.1) is 17.6 Å². The quantitative estimate of drug-likeness (QED) is 0.733. The van der Waals surface area contributed by atoms with Crippen molar-refractivity contribution in [2.45, 2.75) is 63.9 Å². The summed E-state index contributed by atoms with van der Waals surface area (Å²) in [5.41, 5.74) is 2.57. The molecule has 2 saturated heterocycles. The van der Waals surface area contributed by atoms with Gasteiger partial charge in [-0.1, -0.05) is 32.9 Å². The Kier molecular flexibility index (Phi) is 3.19. The van der Waals surface area contributed by atoms with Crippen molar-refractivity contribution in [1.82, 2.24) is 0 Å². The molecule has 1 aliphatic carbocycles. The van der Waals surface area contributed by atoms with Crippen LogP contribution in [0.4, 0.5) is 5.69 Å². The zero-order chi connectivity index (χ0) is 16.3. The SMILES string of the molecule is CC(C)(C)c1ccc(N2CC[C@]3(CC[C@]4(CC3)CO4)C2=O)cc1. The van der Waals surface area contributed by atoms with E-state index in [4.69, 9.17) is 4.74 Å². The number of hydrogen-bond donors (Lipinski definition) is 0. The Hall–Kier alpha value is -1.35. The molecule has 3 aliphatic rings. The molecular formula is C20H27NO2. The largest absolute Gasteiger partial charge is 0.370 e. The summed E-state index contributed by atoms with van der Waals surface area (Å²) in [6, 6.07) is 8.57. The van der Waals surface area contributed by atoms with E-state index < -0.39 is 0 Å². The van der Waals surface area contributed by atoms with Crippen LogP contribution in [0.15, 0.2) is 24.3 Å². The summed E-state index contributed by atoms with van der Waals surface area (Å²) in [7, 11) is 0. The smallest absolute Gasteiger partial charge is 0.233 e. The fraction of sp³-hybridized carbons (Fsp3) is 0.650. The van der Waals surface area contributed by atoms with Crippen LogP contribution in [-0.2, 0) is 14.9 Å². The number of nitrogens with zero attached hydrogens (tertiary/aromatic N) is 1. The van der Waals surface area contributed by atoms with Gasteiger partial charge in [0.15, 0.2) is 0 Å². The fourth-order valence-corrected chi connectivity index (χ4v) is 4.25. The first kappa shape index (κ1) is 15.2. The van der Waals surface area contributed by atoms with E-state index in [0.717, 1.165) is 50.9 Å². The minimum absolute atomic E-state index is 0.111. The molecule has 1 saturated carbocycles. The van der Waals surface area contributed by atoms with Crippen LogP contribution < -0.4 is 4.90 Å². The number of ether oxygens (including phenoxy) is 1. The third kappa shape index (κ3) is 2.50. The molecule has 2 spiro atoms. The van der Waals surface area contributed by atoms with E-state index in [0.29, 0.717) is 5.91 Å². The number of carbonyl (C=O) groups is 1. The molecule has 4 rings (SSSR count). The van der Waals surface area contributed by atoms with E-state index in [9.17, 15) is 4.79 Å². The molecule has 1 amide bonds. The molecular weight excluding hydrogens is 286 g/mol. The van der Waals surface area contributed by atoms with Crippen LogP contribution in [0.1, 0.15) is 58.4 Å². The first-order chi connectivity index (χ1) is 10.8. The highest BCUT2D eigenvalue weighted by Crippen LogP contribution is 2.53. The highest BCUT2D eigenvalue weighted by atomic mass is 16.6. The number of amides is 1. The van der Waals surface area contributed by atoms with Gasteiger partial charge in [0.25, 0.3) is 0 Å². The van der Waals surface area contributed by atoms with E-state index in [1.807, 2.05) is 4.90 Å². The molecule has 0 atom stereocenters. The molecule has 3 nitrogen and oxygen atoms in total. The molecule has 0 N–H and O–H groups in total. The van der Waals surface area contributed by atoms with Crippen molar-refractivity contribution < 1.29 is 9.53 Å². The second kappa shape index (κ2) is 4.83. The molecule has 124 valence electrons. The normalized spacial score (nSPS) is 33.7. The van der Waals surface area contributed by atoms with Gasteiger partial charge in [-0.15, -0.1) is 0 Å². The molecule has 23 heavy (non-hydrogen) atoms. The lowest BCUT2D eigenvalue weighted by molar-refractivity contribution is -0.127. The summed E-state index contributed by atoms with van der Waals surface area (Å²) in [5, 5.41) is 0. The molecule has 1 aromatic carbocycles. The Morgan fingerprint density at radius 1 is 1.00 bits per heavy atom. The maximum atomic E-state index is 13.1. The average Bonchev–Trinajstić information content (AvgIpc) is 3.21. The summed E-state index contributed by atoms with van der Waals surface area (Å²) in [6.07, 6.45) is 5.14. The monoisotopic (exact) mass is 313 g/mol. The first-order valence-electron chi connectivity index (χ1n) is 8.90. The minimum atomic E-state index is -0.111. The van der Waals surface area contributed by atoms with Crippen molar-refractivity contribution in [3.63, 3.8) is 0 Å². The summed E-state index contributed by atoms with van der Waals surface area (Å²) in [4.78, 5) is 15.1. The second-order valence-corrected chi connectivity index (χ2v) is 8.76. The number of anilines is 1. The molecule has 3 fully saturated rings. The molecule has 0 unspecified atom stereocenters. The van der Waals surface area contributed by atoms with Gasteiger partial charge in [-0.05, 0) is 55.2 Å². The van der Waals surface area contributed by atoms with Crippen LogP contribution in [0, 0.1) is 5.41 Å². The average molecular weight is 313 g/mol. The van der Waals surface area contributed by atoms with Crippen molar-refractivity contribution in [2.75, 3.05) is 18.1 Å². The second-order valence-electron chi connectivity index (χ2n) is 8.76. The van der Waals surface area contributed by atoms with Gasteiger partial charge >= 0.3 is 0 Å². The zero-order valence-electron chi connectivity index (χ0n) is 14.5. The van der Waals surface area contributed by atoms with E-state index >= 15 is 0 Å². The van der Waals surface area contributed by atoms with Crippen LogP contribution in [0.2, 0.25) is 0 Å². The summed E-state index contributed by atoms with van der Waals surface area (Å²) < 4.78 is 5.61. The van der Waals surface area contributed by atoms with Crippen molar-refractivity contribution in [3.8, 4) is 0 Å². The van der Waals surface area contributed by atoms with Gasteiger partial charge in [-0.25, -0.2) is 0 Å².